The largest absolute Gasteiger partial charge is 0.469 e. The summed E-state index contributed by atoms with van der Waals surface area (Å²) in [5, 5.41) is 0. The highest BCUT2D eigenvalue weighted by atomic mass is 19.2. The van der Waals surface area contributed by atoms with Gasteiger partial charge in [-0.3, -0.25) is 9.59 Å². The van der Waals surface area contributed by atoms with Gasteiger partial charge in [0.15, 0.2) is 17.5 Å². The van der Waals surface area contributed by atoms with Gasteiger partial charge in [0.1, 0.15) is 0 Å². The Morgan fingerprint density at radius 3 is 2.31 bits per heavy atom. The molecule has 0 radical (unpaired) electrons. The summed E-state index contributed by atoms with van der Waals surface area (Å²) < 4.78 is 45.3. The zero-order chi connectivity index (χ0) is 19.3. The Labute approximate surface area is 149 Å². The van der Waals surface area contributed by atoms with Crippen LogP contribution in [-0.4, -0.2) is 30.4 Å². The van der Waals surface area contributed by atoms with E-state index in [1.54, 1.807) is 37.3 Å². The first-order chi connectivity index (χ1) is 12.4. The minimum atomic E-state index is -1.71. The molecule has 2 rings (SSSR count). The van der Waals surface area contributed by atoms with Crippen molar-refractivity contribution in [1.29, 1.82) is 0 Å². The number of carbonyl (C=O) groups excluding carboxylic acids is 2. The maximum Gasteiger partial charge on any atom is 0.307 e. The fraction of sp³-hybridized carbons (Fsp3) is 0.263. The van der Waals surface area contributed by atoms with Crippen LogP contribution in [0.5, 0.6) is 0 Å². The zero-order valence-corrected chi connectivity index (χ0v) is 14.3. The van der Waals surface area contributed by atoms with E-state index in [9.17, 15) is 22.8 Å². The molecule has 2 aromatic carbocycles. The van der Waals surface area contributed by atoms with Crippen molar-refractivity contribution in [2.45, 2.75) is 19.4 Å². The second-order valence-electron chi connectivity index (χ2n) is 5.63. The van der Waals surface area contributed by atoms with E-state index in [1.165, 1.54) is 12.0 Å². The molecule has 0 bridgehead atoms. The monoisotopic (exact) mass is 365 g/mol. The van der Waals surface area contributed by atoms with Gasteiger partial charge in [-0.05, 0) is 24.6 Å². The highest BCUT2D eigenvalue weighted by Crippen LogP contribution is 2.25. The minimum Gasteiger partial charge on any atom is -0.469 e. The van der Waals surface area contributed by atoms with Crippen LogP contribution >= 0.6 is 0 Å². The summed E-state index contributed by atoms with van der Waals surface area (Å²) in [6, 6.07) is 9.93. The van der Waals surface area contributed by atoms with E-state index in [0.717, 1.165) is 11.6 Å². The molecule has 1 amide bonds. The molecule has 0 saturated carbocycles. The number of esters is 1. The van der Waals surface area contributed by atoms with Gasteiger partial charge in [0.2, 0.25) is 0 Å². The van der Waals surface area contributed by atoms with Crippen molar-refractivity contribution >= 4 is 11.9 Å². The van der Waals surface area contributed by atoms with Gasteiger partial charge >= 0.3 is 5.97 Å². The maximum atomic E-state index is 14.1. The van der Waals surface area contributed by atoms with Gasteiger partial charge in [0.25, 0.3) is 5.91 Å². The van der Waals surface area contributed by atoms with Crippen molar-refractivity contribution < 1.29 is 27.5 Å². The predicted octanol–water partition coefficient (Wildman–Crippen LogP) is 3.87. The second kappa shape index (κ2) is 8.51. The van der Waals surface area contributed by atoms with E-state index < -0.39 is 40.9 Å². The lowest BCUT2D eigenvalue weighted by molar-refractivity contribution is -0.140. The van der Waals surface area contributed by atoms with Crippen LogP contribution in [0.2, 0.25) is 0 Å². The molecule has 4 nitrogen and oxygen atoms in total. The first-order valence-electron chi connectivity index (χ1n) is 7.93. The van der Waals surface area contributed by atoms with Gasteiger partial charge in [-0.1, -0.05) is 30.3 Å². The van der Waals surface area contributed by atoms with Crippen LogP contribution in [0.4, 0.5) is 13.2 Å². The summed E-state index contributed by atoms with van der Waals surface area (Å²) >= 11 is 0. The molecule has 0 aliphatic heterocycles. The van der Waals surface area contributed by atoms with E-state index >= 15 is 0 Å². The summed E-state index contributed by atoms with van der Waals surface area (Å²) in [7, 11) is 1.21. The van der Waals surface area contributed by atoms with Crippen molar-refractivity contribution in [3.8, 4) is 0 Å². The Bertz CT molecular complexity index is 796. The van der Waals surface area contributed by atoms with Crippen molar-refractivity contribution in [1.82, 2.24) is 4.90 Å². The van der Waals surface area contributed by atoms with Crippen LogP contribution in [0.3, 0.4) is 0 Å². The molecule has 0 N–H and O–H groups in total. The average Bonchev–Trinajstić information content (AvgIpc) is 2.66. The fourth-order valence-corrected chi connectivity index (χ4v) is 2.54. The molecule has 0 aliphatic rings. The number of halogens is 3. The number of nitrogens with zero attached hydrogens (tertiary/aromatic N) is 1. The van der Waals surface area contributed by atoms with Gasteiger partial charge in [-0.25, -0.2) is 13.2 Å². The lowest BCUT2D eigenvalue weighted by atomic mass is 10.0. The molecular weight excluding hydrogens is 347 g/mol. The van der Waals surface area contributed by atoms with Crippen LogP contribution in [-0.2, 0) is 9.53 Å². The summed E-state index contributed by atoms with van der Waals surface area (Å²) in [5.41, 5.74) is 0.144. The third kappa shape index (κ3) is 4.22. The first kappa shape index (κ1) is 19.5. The van der Waals surface area contributed by atoms with E-state index in [-0.39, 0.29) is 13.0 Å². The Balaban J connectivity index is 2.38. The van der Waals surface area contributed by atoms with Crippen LogP contribution in [0, 0.1) is 17.5 Å². The van der Waals surface area contributed by atoms with Crippen molar-refractivity contribution in [3.63, 3.8) is 0 Å². The maximum absolute atomic E-state index is 14.1. The highest BCUT2D eigenvalue weighted by Gasteiger charge is 2.27. The van der Waals surface area contributed by atoms with Crippen molar-refractivity contribution in [2.75, 3.05) is 13.7 Å². The Kier molecular flexibility index (Phi) is 6.38. The SMILES string of the molecule is COC(=O)CCN(C(=O)c1ccc(F)c(F)c1F)C(C)c1ccccc1. The Morgan fingerprint density at radius 2 is 1.69 bits per heavy atom. The van der Waals surface area contributed by atoms with Gasteiger partial charge in [-0.2, -0.15) is 0 Å². The molecule has 138 valence electrons. The molecule has 0 spiro atoms. The number of rotatable bonds is 6. The molecule has 1 atom stereocenters. The number of carbonyl (C=O) groups is 2. The summed E-state index contributed by atoms with van der Waals surface area (Å²) in [4.78, 5) is 25.5. The predicted molar refractivity (Wildman–Crippen MR) is 88.8 cm³/mol. The number of ether oxygens (including phenoxy) is 1. The molecule has 0 heterocycles. The zero-order valence-electron chi connectivity index (χ0n) is 14.3. The summed E-state index contributed by atoms with van der Waals surface area (Å²) in [6.45, 7) is 1.63. The number of hydrogen-bond donors (Lipinski definition) is 0. The Hall–Kier alpha value is -2.83. The lowest BCUT2D eigenvalue weighted by Gasteiger charge is -2.29. The second-order valence-corrected chi connectivity index (χ2v) is 5.63. The molecule has 0 aromatic heterocycles. The average molecular weight is 365 g/mol. The normalized spacial score (nSPS) is 11.7. The lowest BCUT2D eigenvalue weighted by Crippen LogP contribution is -2.36. The summed E-state index contributed by atoms with van der Waals surface area (Å²) in [5.74, 6) is -6.04. The molecule has 0 aliphatic carbocycles. The third-order valence-corrected chi connectivity index (χ3v) is 4.06. The fourth-order valence-electron chi connectivity index (χ4n) is 2.54. The molecule has 0 saturated heterocycles. The molecule has 26 heavy (non-hydrogen) atoms. The van der Waals surface area contributed by atoms with Crippen molar-refractivity contribution in [2.24, 2.45) is 0 Å². The molecule has 2 aromatic rings. The van der Waals surface area contributed by atoms with Crippen LogP contribution in [0.25, 0.3) is 0 Å². The molecule has 7 heteroatoms. The van der Waals surface area contributed by atoms with Gasteiger partial charge < -0.3 is 9.64 Å². The Morgan fingerprint density at radius 1 is 1.04 bits per heavy atom. The molecular formula is C19H18F3NO3. The van der Waals surface area contributed by atoms with E-state index in [0.29, 0.717) is 6.07 Å². The topological polar surface area (TPSA) is 46.6 Å². The standard InChI is InChI=1S/C19H18F3NO3/c1-12(13-6-4-3-5-7-13)23(11-10-16(24)26-2)19(25)14-8-9-15(20)18(22)17(14)21/h3-9,12H,10-11H2,1-2H3. The van der Waals surface area contributed by atoms with E-state index in [2.05, 4.69) is 4.74 Å². The molecule has 1 unspecified atom stereocenters. The highest BCUT2D eigenvalue weighted by molar-refractivity contribution is 5.95. The third-order valence-electron chi connectivity index (χ3n) is 4.06. The smallest absolute Gasteiger partial charge is 0.307 e. The van der Waals surface area contributed by atoms with Crippen LogP contribution in [0.15, 0.2) is 42.5 Å². The number of amides is 1. The van der Waals surface area contributed by atoms with Gasteiger partial charge in [0, 0.05) is 6.54 Å². The van der Waals surface area contributed by atoms with E-state index in [4.69, 9.17) is 0 Å². The van der Waals surface area contributed by atoms with E-state index in [1.807, 2.05) is 0 Å². The number of methoxy groups -OCH3 is 1. The minimum absolute atomic E-state index is 0.0694. The van der Waals surface area contributed by atoms with Crippen molar-refractivity contribution in [3.05, 3.63) is 71.0 Å². The summed E-state index contributed by atoms with van der Waals surface area (Å²) in [6.07, 6.45) is -0.120. The van der Waals surface area contributed by atoms with Gasteiger partial charge in [-0.15, -0.1) is 0 Å². The van der Waals surface area contributed by atoms with Gasteiger partial charge in [0.05, 0.1) is 25.1 Å². The van der Waals surface area contributed by atoms with Crippen LogP contribution < -0.4 is 0 Å². The van der Waals surface area contributed by atoms with Crippen LogP contribution in [0.1, 0.15) is 35.3 Å². The number of benzene rings is 2. The quantitative estimate of drug-likeness (QED) is 0.577. The first-order valence-corrected chi connectivity index (χ1v) is 7.93. The number of hydrogen-bond acceptors (Lipinski definition) is 3. The molecule has 0 fully saturated rings.